The van der Waals surface area contributed by atoms with Crippen LogP contribution in [0, 0.1) is 0 Å². The topological polar surface area (TPSA) is 127 Å². The molecular weight excluding hydrogens is 280 g/mol. The fraction of sp³-hybridized carbons (Fsp3) is 0.333. The van der Waals surface area contributed by atoms with Gasteiger partial charge in [-0.15, -0.1) is 11.3 Å². The third kappa shape index (κ3) is 3.52. The van der Waals surface area contributed by atoms with Gasteiger partial charge in [0, 0.05) is 12.5 Å². The first kappa shape index (κ1) is 14.6. The van der Waals surface area contributed by atoms with Crippen LogP contribution >= 0.6 is 11.3 Å². The Bertz CT molecular complexity index is 563. The summed E-state index contributed by atoms with van der Waals surface area (Å²) >= 11 is 0.815. The fourth-order valence-electron chi connectivity index (χ4n) is 1.34. The number of hydrogen-bond donors (Lipinski definition) is 3. The molecule has 1 rings (SSSR count). The lowest BCUT2D eigenvalue weighted by Crippen LogP contribution is -2.36. The van der Waals surface area contributed by atoms with Crippen molar-refractivity contribution in [3.63, 3.8) is 0 Å². The molecule has 0 bridgehead atoms. The quantitative estimate of drug-likeness (QED) is 0.679. The molecular formula is C9H12N2O5S2. The van der Waals surface area contributed by atoms with Gasteiger partial charge < -0.3 is 10.8 Å². The highest BCUT2D eigenvalue weighted by Crippen LogP contribution is 2.22. The van der Waals surface area contributed by atoms with Crippen molar-refractivity contribution in [2.24, 2.45) is 5.73 Å². The minimum atomic E-state index is -3.97. The van der Waals surface area contributed by atoms with E-state index in [1.165, 1.54) is 18.4 Å². The summed E-state index contributed by atoms with van der Waals surface area (Å²) < 4.78 is 26.0. The minimum Gasteiger partial charge on any atom is -0.477 e. The second-order valence-electron chi connectivity index (χ2n) is 3.61. The van der Waals surface area contributed by atoms with Gasteiger partial charge in [0.25, 0.3) is 0 Å². The molecule has 9 heteroatoms. The van der Waals surface area contributed by atoms with Gasteiger partial charge in [-0.2, -0.15) is 0 Å². The third-order valence-corrected chi connectivity index (χ3v) is 4.64. The molecule has 7 nitrogen and oxygen atoms in total. The zero-order valence-electron chi connectivity index (χ0n) is 9.41. The second kappa shape index (κ2) is 5.46. The monoisotopic (exact) mass is 292 g/mol. The van der Waals surface area contributed by atoms with E-state index in [1.54, 1.807) is 0 Å². The number of nitrogens with two attached hydrogens (primary N) is 1. The summed E-state index contributed by atoms with van der Waals surface area (Å²) in [7, 11) is -3.97. The number of primary amides is 1. The number of carbonyl (C=O) groups excluding carboxylic acids is 1. The zero-order chi connectivity index (χ0) is 13.9. The van der Waals surface area contributed by atoms with Crippen molar-refractivity contribution >= 4 is 33.2 Å². The fourth-order valence-corrected chi connectivity index (χ4v) is 3.84. The Hall–Kier alpha value is -1.45. The summed E-state index contributed by atoms with van der Waals surface area (Å²) in [4.78, 5) is 20.9. The molecule has 1 aromatic heterocycles. The smallest absolute Gasteiger partial charge is 0.347 e. The van der Waals surface area contributed by atoms with Crippen LogP contribution in [0.2, 0.25) is 0 Å². The third-order valence-electron chi connectivity index (χ3n) is 1.98. The summed E-state index contributed by atoms with van der Waals surface area (Å²) in [6.07, 6.45) is -0.161. The maximum atomic E-state index is 11.9. The van der Waals surface area contributed by atoms with Crippen molar-refractivity contribution in [3.05, 3.63) is 16.3 Å². The van der Waals surface area contributed by atoms with Gasteiger partial charge >= 0.3 is 5.97 Å². The van der Waals surface area contributed by atoms with Crippen molar-refractivity contribution in [2.45, 2.75) is 24.3 Å². The molecule has 0 saturated heterocycles. The van der Waals surface area contributed by atoms with E-state index >= 15 is 0 Å². The standard InChI is InChI=1S/C9H12N2O5S2/c1-5(4-7(10)12)11-18(15,16)6-2-3-17-8(6)9(13)14/h2-3,5,11H,4H2,1H3,(H2,10,12)(H,13,14). The van der Waals surface area contributed by atoms with Crippen molar-refractivity contribution < 1.29 is 23.1 Å². The molecule has 0 aliphatic rings. The Morgan fingerprint density at radius 1 is 1.56 bits per heavy atom. The molecule has 4 N–H and O–H groups in total. The molecule has 0 aliphatic heterocycles. The maximum absolute atomic E-state index is 11.9. The summed E-state index contributed by atoms with van der Waals surface area (Å²) in [6.45, 7) is 1.47. The first-order chi connectivity index (χ1) is 8.24. The summed E-state index contributed by atoms with van der Waals surface area (Å²) in [5.41, 5.74) is 4.94. The van der Waals surface area contributed by atoms with Crippen LogP contribution < -0.4 is 10.5 Å². The van der Waals surface area contributed by atoms with Crippen LogP contribution in [0.1, 0.15) is 23.0 Å². The molecule has 0 saturated carbocycles. The largest absolute Gasteiger partial charge is 0.477 e. The van der Waals surface area contributed by atoms with Gasteiger partial charge in [-0.3, -0.25) is 4.79 Å². The van der Waals surface area contributed by atoms with Gasteiger partial charge in [-0.25, -0.2) is 17.9 Å². The normalized spacial score (nSPS) is 13.2. The van der Waals surface area contributed by atoms with Crippen LogP contribution in [0.5, 0.6) is 0 Å². The number of carboxylic acid groups (broad SMARTS) is 1. The van der Waals surface area contributed by atoms with Gasteiger partial charge in [0.05, 0.1) is 0 Å². The molecule has 0 fully saturated rings. The van der Waals surface area contributed by atoms with Crippen LogP contribution in [0.3, 0.4) is 0 Å². The second-order valence-corrected chi connectivity index (χ2v) is 6.21. The molecule has 0 radical (unpaired) electrons. The first-order valence-corrected chi connectivity index (χ1v) is 7.21. The average Bonchev–Trinajstić information content (AvgIpc) is 2.63. The minimum absolute atomic E-state index is 0.161. The van der Waals surface area contributed by atoms with E-state index in [-0.39, 0.29) is 16.2 Å². The molecule has 1 unspecified atom stereocenters. The molecule has 18 heavy (non-hydrogen) atoms. The van der Waals surface area contributed by atoms with E-state index in [9.17, 15) is 18.0 Å². The number of rotatable bonds is 6. The molecule has 1 heterocycles. The Morgan fingerprint density at radius 3 is 2.67 bits per heavy atom. The maximum Gasteiger partial charge on any atom is 0.347 e. The first-order valence-electron chi connectivity index (χ1n) is 4.85. The number of thiophene rings is 1. The van der Waals surface area contributed by atoms with E-state index in [0.29, 0.717) is 0 Å². The Labute approximate surface area is 108 Å². The van der Waals surface area contributed by atoms with Crippen LogP contribution in [0.25, 0.3) is 0 Å². The SMILES string of the molecule is CC(CC(N)=O)NS(=O)(=O)c1ccsc1C(=O)O. The van der Waals surface area contributed by atoms with Crippen LogP contribution in [0.4, 0.5) is 0 Å². The number of amides is 1. The van der Waals surface area contributed by atoms with E-state index in [0.717, 1.165) is 11.3 Å². The van der Waals surface area contributed by atoms with Crippen molar-refractivity contribution in [3.8, 4) is 0 Å². The van der Waals surface area contributed by atoms with Gasteiger partial charge in [0.2, 0.25) is 15.9 Å². The van der Waals surface area contributed by atoms with E-state index in [2.05, 4.69) is 4.72 Å². The van der Waals surface area contributed by atoms with E-state index in [1.807, 2.05) is 0 Å². The predicted molar refractivity (Wildman–Crippen MR) is 64.9 cm³/mol. The van der Waals surface area contributed by atoms with E-state index < -0.39 is 27.9 Å². The highest BCUT2D eigenvalue weighted by molar-refractivity contribution is 7.89. The number of sulfonamides is 1. The molecule has 100 valence electrons. The Morgan fingerprint density at radius 2 is 2.17 bits per heavy atom. The Balaban J connectivity index is 2.96. The number of carboxylic acids is 1. The van der Waals surface area contributed by atoms with Crippen molar-refractivity contribution in [1.82, 2.24) is 4.72 Å². The van der Waals surface area contributed by atoms with Crippen LogP contribution in [-0.2, 0) is 14.8 Å². The highest BCUT2D eigenvalue weighted by atomic mass is 32.2. The van der Waals surface area contributed by atoms with E-state index in [4.69, 9.17) is 10.8 Å². The van der Waals surface area contributed by atoms with Crippen LogP contribution in [0.15, 0.2) is 16.3 Å². The summed E-state index contributed by atoms with van der Waals surface area (Å²) in [6, 6.07) is 0.502. The summed E-state index contributed by atoms with van der Waals surface area (Å²) in [5, 5.41) is 10.2. The van der Waals surface area contributed by atoms with Crippen molar-refractivity contribution in [2.75, 3.05) is 0 Å². The van der Waals surface area contributed by atoms with Gasteiger partial charge in [-0.1, -0.05) is 0 Å². The average molecular weight is 292 g/mol. The lowest BCUT2D eigenvalue weighted by molar-refractivity contribution is -0.118. The molecule has 1 aromatic rings. The van der Waals surface area contributed by atoms with Gasteiger partial charge in [0.15, 0.2) is 0 Å². The number of aromatic carboxylic acids is 1. The summed E-state index contributed by atoms with van der Waals surface area (Å²) in [5.74, 6) is -1.96. The highest BCUT2D eigenvalue weighted by Gasteiger charge is 2.25. The molecule has 0 aliphatic carbocycles. The molecule has 1 atom stereocenters. The molecule has 0 spiro atoms. The lowest BCUT2D eigenvalue weighted by Gasteiger charge is -2.12. The number of nitrogens with one attached hydrogen (secondary N) is 1. The number of hydrogen-bond acceptors (Lipinski definition) is 5. The van der Waals surface area contributed by atoms with Crippen LogP contribution in [-0.4, -0.2) is 31.4 Å². The molecule has 0 aromatic carbocycles. The van der Waals surface area contributed by atoms with Gasteiger partial charge in [-0.05, 0) is 18.4 Å². The lowest BCUT2D eigenvalue weighted by atomic mass is 10.2. The predicted octanol–water partition coefficient (Wildman–Crippen LogP) is -0.0115. The number of carbonyl (C=O) groups is 2. The zero-order valence-corrected chi connectivity index (χ0v) is 11.0. The molecule has 1 amide bonds. The van der Waals surface area contributed by atoms with Gasteiger partial charge in [0.1, 0.15) is 9.77 Å². The van der Waals surface area contributed by atoms with Crippen molar-refractivity contribution in [1.29, 1.82) is 0 Å². The Kier molecular flexibility index (Phi) is 4.43.